The number of rotatable bonds is 3. The van der Waals surface area contributed by atoms with Gasteiger partial charge < -0.3 is 9.47 Å². The maximum Gasteiger partial charge on any atom is 0.417 e. The summed E-state index contributed by atoms with van der Waals surface area (Å²) in [6.45, 7) is 26.2. The second-order valence-electron chi connectivity index (χ2n) is 21.2. The van der Waals surface area contributed by atoms with E-state index >= 15 is 13.2 Å². The van der Waals surface area contributed by atoms with Crippen LogP contribution in [0.15, 0.2) is 109 Å². The minimum atomic E-state index is -4.79. The maximum absolute atomic E-state index is 15.2. The lowest BCUT2D eigenvalue weighted by Crippen LogP contribution is -2.31. The number of nitrogens with zero attached hydrogens (tertiary/aromatic N) is 4. The molecule has 0 saturated heterocycles. The van der Waals surface area contributed by atoms with Gasteiger partial charge in [0, 0.05) is 33.5 Å². The number of hydrogen-bond acceptors (Lipinski definition) is 3. The van der Waals surface area contributed by atoms with Gasteiger partial charge in [0.1, 0.15) is 11.6 Å². The van der Waals surface area contributed by atoms with Crippen LogP contribution in [0.5, 0.6) is 0 Å². The van der Waals surface area contributed by atoms with Crippen LogP contribution < -0.4 is 4.90 Å². The summed E-state index contributed by atoms with van der Waals surface area (Å²) in [4.78, 5) is 2.20. The molecule has 0 radical (unpaired) electrons. The molecule has 0 fully saturated rings. The number of allylic oxidation sites excluding steroid dienone is 2. The Kier molecular flexibility index (Phi) is 9.80. The molecule has 1 aromatic heterocycles. The lowest BCUT2D eigenvalue weighted by atomic mass is 9.77. The van der Waals surface area contributed by atoms with Gasteiger partial charge >= 0.3 is 6.18 Å². The molecule has 62 heavy (non-hydrogen) atoms. The molecule has 2 heterocycles. The third kappa shape index (κ3) is 7.00. The Morgan fingerprint density at radius 3 is 1.66 bits per heavy atom. The Balaban J connectivity index is 1.54. The molecule has 2 atom stereocenters. The van der Waals surface area contributed by atoms with Crippen LogP contribution >= 0.6 is 0 Å². The van der Waals surface area contributed by atoms with Gasteiger partial charge in [-0.05, 0) is 98.0 Å². The smallest absolute Gasteiger partial charge is 0.332 e. The lowest BCUT2D eigenvalue weighted by molar-refractivity contribution is -0.137. The van der Waals surface area contributed by atoms with Crippen LogP contribution in [0.4, 0.5) is 24.5 Å². The predicted molar refractivity (Wildman–Crippen MR) is 249 cm³/mol. The highest BCUT2D eigenvalue weighted by molar-refractivity contribution is 6.11. The molecule has 0 saturated carbocycles. The van der Waals surface area contributed by atoms with E-state index in [1.807, 2.05) is 16.7 Å². The number of anilines is 2. The van der Waals surface area contributed by atoms with E-state index in [2.05, 4.69) is 161 Å². The Labute approximate surface area is 364 Å². The fraction of sp³-hybridized carbons (Fsp3) is 0.345. The van der Waals surface area contributed by atoms with Crippen LogP contribution in [0.25, 0.3) is 38.6 Å². The van der Waals surface area contributed by atoms with Crippen molar-refractivity contribution in [1.82, 2.24) is 4.57 Å². The largest absolute Gasteiger partial charge is 0.417 e. The highest BCUT2D eigenvalue weighted by Gasteiger charge is 2.42. The monoisotopic (exact) mass is 828 g/mol. The number of nitriles is 2. The van der Waals surface area contributed by atoms with Gasteiger partial charge in [0.05, 0.1) is 45.6 Å². The number of benzene rings is 5. The molecule has 7 heteroatoms. The van der Waals surface area contributed by atoms with Crippen molar-refractivity contribution in [1.29, 1.82) is 10.5 Å². The molecule has 1 aliphatic heterocycles. The molecular formula is C55H55F3N4. The van der Waals surface area contributed by atoms with Crippen molar-refractivity contribution < 1.29 is 13.2 Å². The summed E-state index contributed by atoms with van der Waals surface area (Å²) in [6.07, 6.45) is 1.96. The van der Waals surface area contributed by atoms with Crippen LogP contribution in [-0.4, -0.2) is 10.6 Å². The van der Waals surface area contributed by atoms with Crippen molar-refractivity contribution in [3.63, 3.8) is 0 Å². The molecule has 316 valence electrons. The fourth-order valence-corrected chi connectivity index (χ4v) is 9.34. The summed E-state index contributed by atoms with van der Waals surface area (Å²) in [6, 6.07) is 30.8. The minimum Gasteiger partial charge on any atom is -0.332 e. The molecule has 5 aromatic carbocycles. The van der Waals surface area contributed by atoms with Crippen LogP contribution in [0.1, 0.15) is 128 Å². The zero-order chi connectivity index (χ0) is 45.1. The van der Waals surface area contributed by atoms with E-state index in [1.165, 1.54) is 23.3 Å². The van der Waals surface area contributed by atoms with Crippen molar-refractivity contribution in [2.45, 2.75) is 117 Å². The Hall–Kier alpha value is -6.05. The zero-order valence-electron chi connectivity index (χ0n) is 37.9. The van der Waals surface area contributed by atoms with E-state index in [-0.39, 0.29) is 55.9 Å². The van der Waals surface area contributed by atoms with Crippen molar-refractivity contribution in [2.24, 2.45) is 5.41 Å². The van der Waals surface area contributed by atoms with Gasteiger partial charge in [-0.2, -0.15) is 23.7 Å². The fourth-order valence-electron chi connectivity index (χ4n) is 9.34. The first-order valence-corrected chi connectivity index (χ1v) is 21.5. The first-order chi connectivity index (χ1) is 28.8. The summed E-state index contributed by atoms with van der Waals surface area (Å²) in [5.41, 5.74) is 7.53. The molecule has 2 aliphatic rings. The summed E-state index contributed by atoms with van der Waals surface area (Å²) in [7, 11) is 0. The van der Waals surface area contributed by atoms with Gasteiger partial charge in [0.25, 0.3) is 0 Å². The number of hydrogen-bond donors (Lipinski definition) is 0. The third-order valence-electron chi connectivity index (χ3n) is 12.9. The number of alkyl halides is 3. The molecule has 0 N–H and O–H groups in total. The first kappa shape index (κ1) is 42.6. The molecule has 8 rings (SSSR count). The summed E-state index contributed by atoms with van der Waals surface area (Å²) >= 11 is 0. The molecule has 0 spiro atoms. The maximum atomic E-state index is 15.2. The van der Waals surface area contributed by atoms with Gasteiger partial charge in [0.15, 0.2) is 0 Å². The van der Waals surface area contributed by atoms with Crippen molar-refractivity contribution in [2.75, 3.05) is 4.90 Å². The molecule has 1 aliphatic carbocycles. The minimum absolute atomic E-state index is 0.0442. The van der Waals surface area contributed by atoms with Gasteiger partial charge in [-0.25, -0.2) is 0 Å². The van der Waals surface area contributed by atoms with E-state index in [0.717, 1.165) is 50.2 Å². The standard InChI is InChI=1S/C55H55F3N4/c1-51(2,3)33-16-21-44-38(26-33)39-27-34(52(4,5)6)17-22-45(39)61(44)48-25-20-37(49-32(30-59)14-13-15-43(49)55(56,57)58)50(42(48)31-60)62-46-23-18-35(53(7,8)9)28-40(46)41-29-36(54(10,11)12)19-24-47(41)62/h13-29,38,44H,1-12H3. The quantitative estimate of drug-likeness (QED) is 0.179. The van der Waals surface area contributed by atoms with Gasteiger partial charge in [0.2, 0.25) is 0 Å². The van der Waals surface area contributed by atoms with E-state index in [4.69, 9.17) is 0 Å². The molecule has 4 nitrogen and oxygen atoms in total. The summed E-state index contributed by atoms with van der Waals surface area (Å²) < 4.78 is 47.7. The highest BCUT2D eigenvalue weighted by Crippen LogP contribution is 2.54. The molecule has 0 amide bonds. The zero-order valence-corrected chi connectivity index (χ0v) is 37.9. The Morgan fingerprint density at radius 2 is 1.15 bits per heavy atom. The van der Waals surface area contributed by atoms with Crippen molar-refractivity contribution >= 4 is 33.2 Å². The lowest BCUT2D eigenvalue weighted by Gasteiger charge is -2.33. The first-order valence-electron chi connectivity index (χ1n) is 21.5. The van der Waals surface area contributed by atoms with Crippen molar-refractivity contribution in [3.8, 4) is 29.0 Å². The molecule has 6 aromatic rings. The van der Waals surface area contributed by atoms with Crippen LogP contribution in [0, 0.1) is 28.1 Å². The predicted octanol–water partition coefficient (Wildman–Crippen LogP) is 15.3. The van der Waals surface area contributed by atoms with E-state index < -0.39 is 11.7 Å². The van der Waals surface area contributed by atoms with Crippen LogP contribution in [0.3, 0.4) is 0 Å². The number of aromatic nitrogens is 1. The van der Waals surface area contributed by atoms with Gasteiger partial charge in [-0.1, -0.05) is 138 Å². The average molecular weight is 829 g/mol. The van der Waals surface area contributed by atoms with E-state index in [0.29, 0.717) is 11.4 Å². The van der Waals surface area contributed by atoms with Gasteiger partial charge in [-0.3, -0.25) is 0 Å². The van der Waals surface area contributed by atoms with E-state index in [1.54, 1.807) is 12.1 Å². The second-order valence-corrected chi connectivity index (χ2v) is 21.2. The Bertz CT molecular complexity index is 2900. The molecule has 0 bridgehead atoms. The average Bonchev–Trinajstić information content (AvgIpc) is 3.69. The van der Waals surface area contributed by atoms with Crippen molar-refractivity contribution in [3.05, 3.63) is 148 Å². The normalized spacial score (nSPS) is 16.9. The second kappa shape index (κ2) is 14.2. The summed E-state index contributed by atoms with van der Waals surface area (Å²) in [5.74, 6) is -0.0442. The molecular weight excluding hydrogens is 774 g/mol. The number of fused-ring (bicyclic) bond motifs is 6. The number of halogens is 3. The third-order valence-corrected chi connectivity index (χ3v) is 12.9. The Morgan fingerprint density at radius 1 is 0.597 bits per heavy atom. The van der Waals surface area contributed by atoms with Crippen LogP contribution in [-0.2, 0) is 22.4 Å². The highest BCUT2D eigenvalue weighted by atomic mass is 19.4. The van der Waals surface area contributed by atoms with Crippen LogP contribution in [0.2, 0.25) is 0 Å². The van der Waals surface area contributed by atoms with Gasteiger partial charge in [-0.15, -0.1) is 0 Å². The molecule has 2 unspecified atom stereocenters. The topological polar surface area (TPSA) is 55.8 Å². The summed E-state index contributed by atoms with van der Waals surface area (Å²) in [5, 5.41) is 24.0. The van der Waals surface area contributed by atoms with E-state index in [9.17, 15) is 10.5 Å². The SMILES string of the molecule is CC(C)(C)C1=CC2c3cc(C(C)(C)C)ccc3N(c3ccc(-c4c(C#N)cccc4C(F)(F)F)c(-n4c5ccc(C(C)(C)C)cc5c5cc(C(C)(C)C)ccc54)c3C#N)C2C=C1.